The van der Waals surface area contributed by atoms with E-state index >= 15 is 0 Å². The fourth-order valence-electron chi connectivity index (χ4n) is 4.60. The lowest BCUT2D eigenvalue weighted by Gasteiger charge is -2.13. The number of aromatic nitrogens is 2. The average molecular weight is 498 g/mol. The minimum atomic E-state index is 0. The summed E-state index contributed by atoms with van der Waals surface area (Å²) in [5, 5.41) is 0. The predicted octanol–water partition coefficient (Wildman–Crippen LogP) is -3.22. The second-order valence-electron chi connectivity index (χ2n) is 8.72. The molecule has 7 heteroatoms. The van der Waals surface area contributed by atoms with E-state index in [1.165, 1.54) is 73.6 Å². The monoisotopic (exact) mass is 496 g/mol. The summed E-state index contributed by atoms with van der Waals surface area (Å²) in [4.78, 5) is 0. The van der Waals surface area contributed by atoms with Gasteiger partial charge in [-0.25, -0.2) is 9.13 Å². The lowest BCUT2D eigenvalue weighted by atomic mass is 9.93. The Balaban J connectivity index is 0.00000193. The zero-order chi connectivity index (χ0) is 21.1. The number of hydrogen-bond donors (Lipinski definition) is 0. The molecule has 2 aromatic heterocycles. The van der Waals surface area contributed by atoms with Gasteiger partial charge in [-0.3, -0.25) is 0 Å². The summed E-state index contributed by atoms with van der Waals surface area (Å²) in [6.45, 7) is 5.76. The molecule has 184 valence electrons. The van der Waals surface area contributed by atoms with Crippen LogP contribution in [-0.4, -0.2) is 39.6 Å². The van der Waals surface area contributed by atoms with Crippen molar-refractivity contribution in [2.45, 2.75) is 64.5 Å². The second-order valence-corrected chi connectivity index (χ2v) is 8.72. The fraction of sp³-hybridized carbons (Fsp3) is 0.615. The van der Waals surface area contributed by atoms with E-state index in [0.717, 1.165) is 26.3 Å². The van der Waals surface area contributed by atoms with Crippen LogP contribution in [0.2, 0.25) is 0 Å². The lowest BCUT2D eigenvalue weighted by molar-refractivity contribution is -0.699. The van der Waals surface area contributed by atoms with Crippen molar-refractivity contribution in [1.82, 2.24) is 0 Å². The van der Waals surface area contributed by atoms with Crippen LogP contribution in [0.1, 0.15) is 47.9 Å². The Kier molecular flexibility index (Phi) is 13.3. The number of nitrogens with zero attached hydrogens (tertiary/aromatic N) is 2. The Morgan fingerprint density at radius 2 is 0.879 bits per heavy atom. The molecular weight excluding hydrogens is 459 g/mol. The third-order valence-corrected chi connectivity index (χ3v) is 6.42. The average Bonchev–Trinajstić information content (AvgIpc) is 2.82. The van der Waals surface area contributed by atoms with Gasteiger partial charge in [-0.1, -0.05) is 0 Å². The standard InChI is InChI=1S/C26H38N2O3.2ClH/c1-3-7-25-21-27(11-9-23(25)5-1)13-15-29-17-19-31-20-18-30-16-14-28-12-10-24-6-2-4-8-26(24)22-28;;/h9-12,21-22H,1-8,13-20H2;2*1H/q+2;;/p-2. The SMILES string of the molecule is [Cl-].[Cl-].c1c[n+](CCOCCOCCOCC[n+]2ccc3c(c2)CCCC3)cc2c1CCCC2. The van der Waals surface area contributed by atoms with Gasteiger partial charge >= 0.3 is 0 Å². The summed E-state index contributed by atoms with van der Waals surface area (Å²) < 4.78 is 21.6. The first-order chi connectivity index (χ1) is 15.4. The van der Waals surface area contributed by atoms with Gasteiger partial charge in [0.05, 0.1) is 26.4 Å². The zero-order valence-corrected chi connectivity index (χ0v) is 21.2. The van der Waals surface area contributed by atoms with Crippen LogP contribution in [-0.2, 0) is 53.0 Å². The maximum absolute atomic E-state index is 5.72. The van der Waals surface area contributed by atoms with Gasteiger partial charge in [-0.15, -0.1) is 0 Å². The van der Waals surface area contributed by atoms with Crippen LogP contribution in [0.5, 0.6) is 0 Å². The molecule has 33 heavy (non-hydrogen) atoms. The quantitative estimate of drug-likeness (QED) is 0.229. The smallest absolute Gasteiger partial charge is 0.172 e. The summed E-state index contributed by atoms with van der Waals surface area (Å²) in [5.74, 6) is 0. The molecule has 0 amide bonds. The van der Waals surface area contributed by atoms with Gasteiger partial charge in [0.2, 0.25) is 0 Å². The van der Waals surface area contributed by atoms with E-state index in [4.69, 9.17) is 14.2 Å². The van der Waals surface area contributed by atoms with Crippen LogP contribution in [0.3, 0.4) is 0 Å². The van der Waals surface area contributed by atoms with E-state index in [0.29, 0.717) is 26.4 Å². The topological polar surface area (TPSA) is 35.5 Å². The van der Waals surface area contributed by atoms with Crippen LogP contribution in [0, 0.1) is 0 Å². The highest BCUT2D eigenvalue weighted by molar-refractivity contribution is 5.24. The van der Waals surface area contributed by atoms with Gasteiger partial charge in [0.1, 0.15) is 13.2 Å². The third kappa shape index (κ3) is 9.14. The molecule has 4 rings (SSSR count). The largest absolute Gasteiger partial charge is 1.00 e. The van der Waals surface area contributed by atoms with Crippen molar-refractivity contribution >= 4 is 0 Å². The highest BCUT2D eigenvalue weighted by Crippen LogP contribution is 2.19. The molecule has 2 aliphatic carbocycles. The molecule has 2 heterocycles. The van der Waals surface area contributed by atoms with Crippen molar-refractivity contribution < 1.29 is 48.2 Å². The van der Waals surface area contributed by atoms with E-state index in [9.17, 15) is 0 Å². The minimum Gasteiger partial charge on any atom is -1.00 e. The number of halogens is 2. The molecule has 0 bridgehead atoms. The first-order valence-corrected chi connectivity index (χ1v) is 12.1. The summed E-state index contributed by atoms with van der Waals surface area (Å²) in [6, 6.07) is 4.56. The van der Waals surface area contributed by atoms with Crippen molar-refractivity contribution in [1.29, 1.82) is 0 Å². The molecule has 0 saturated carbocycles. The van der Waals surface area contributed by atoms with E-state index in [1.807, 2.05) is 0 Å². The van der Waals surface area contributed by atoms with Gasteiger partial charge in [0.25, 0.3) is 0 Å². The Morgan fingerprint density at radius 3 is 1.30 bits per heavy atom. The molecule has 0 atom stereocenters. The number of rotatable bonds is 12. The lowest BCUT2D eigenvalue weighted by Crippen LogP contribution is -3.00. The molecule has 0 aromatic carbocycles. The zero-order valence-electron chi connectivity index (χ0n) is 19.7. The molecule has 0 fully saturated rings. The maximum atomic E-state index is 5.72. The van der Waals surface area contributed by atoms with Crippen LogP contribution in [0.25, 0.3) is 0 Å². The van der Waals surface area contributed by atoms with Crippen molar-refractivity contribution in [3.63, 3.8) is 0 Å². The number of ether oxygens (including phenoxy) is 3. The molecule has 5 nitrogen and oxygen atoms in total. The van der Waals surface area contributed by atoms with Gasteiger partial charge in [0, 0.05) is 23.3 Å². The number of fused-ring (bicyclic) bond motifs is 2. The minimum absolute atomic E-state index is 0. The van der Waals surface area contributed by atoms with Gasteiger partial charge in [-0.2, -0.15) is 0 Å². The van der Waals surface area contributed by atoms with Gasteiger partial charge in [-0.05, 0) is 62.5 Å². The molecule has 0 spiro atoms. The first-order valence-electron chi connectivity index (χ1n) is 12.1. The molecule has 0 N–H and O–H groups in total. The molecule has 0 saturated heterocycles. The molecule has 0 aliphatic heterocycles. The normalized spacial score (nSPS) is 14.5. The van der Waals surface area contributed by atoms with Crippen molar-refractivity contribution in [3.8, 4) is 0 Å². The van der Waals surface area contributed by atoms with Gasteiger partial charge < -0.3 is 39.0 Å². The van der Waals surface area contributed by atoms with Crippen LogP contribution >= 0.6 is 0 Å². The molecular formula is C26H38Cl2N2O3. The summed E-state index contributed by atoms with van der Waals surface area (Å²) in [5.41, 5.74) is 6.09. The number of pyridine rings is 2. The fourth-order valence-corrected chi connectivity index (χ4v) is 4.60. The van der Waals surface area contributed by atoms with E-state index < -0.39 is 0 Å². The Hall–Kier alpha value is -1.24. The van der Waals surface area contributed by atoms with Crippen molar-refractivity contribution in [2.24, 2.45) is 0 Å². The van der Waals surface area contributed by atoms with Crippen molar-refractivity contribution in [3.05, 3.63) is 59.2 Å². The third-order valence-electron chi connectivity index (χ3n) is 6.42. The summed E-state index contributed by atoms with van der Waals surface area (Å²) in [7, 11) is 0. The Bertz CT molecular complexity index is 768. The van der Waals surface area contributed by atoms with Gasteiger partial charge in [0.15, 0.2) is 37.9 Å². The predicted molar refractivity (Wildman–Crippen MR) is 119 cm³/mol. The molecule has 0 unspecified atom stereocenters. The van der Waals surface area contributed by atoms with E-state index in [-0.39, 0.29) is 24.8 Å². The highest BCUT2D eigenvalue weighted by atomic mass is 35.5. The first kappa shape index (κ1) is 28.0. The second kappa shape index (κ2) is 15.6. The van der Waals surface area contributed by atoms with E-state index in [2.05, 4.69) is 46.1 Å². The van der Waals surface area contributed by atoms with Crippen LogP contribution in [0.15, 0.2) is 36.9 Å². The Morgan fingerprint density at radius 1 is 0.515 bits per heavy atom. The summed E-state index contributed by atoms with van der Waals surface area (Å²) in [6.07, 6.45) is 19.2. The van der Waals surface area contributed by atoms with Crippen molar-refractivity contribution in [2.75, 3.05) is 39.6 Å². The molecule has 2 aromatic rings. The molecule has 2 aliphatic rings. The highest BCUT2D eigenvalue weighted by Gasteiger charge is 2.14. The summed E-state index contributed by atoms with van der Waals surface area (Å²) >= 11 is 0. The van der Waals surface area contributed by atoms with Crippen LogP contribution < -0.4 is 33.9 Å². The number of hydrogen-bond acceptors (Lipinski definition) is 3. The van der Waals surface area contributed by atoms with Crippen LogP contribution in [0.4, 0.5) is 0 Å². The number of aryl methyl sites for hydroxylation is 4. The Labute approximate surface area is 211 Å². The molecule has 0 radical (unpaired) electrons. The van der Waals surface area contributed by atoms with E-state index in [1.54, 1.807) is 0 Å². The maximum Gasteiger partial charge on any atom is 0.172 e.